The van der Waals surface area contributed by atoms with Crippen LogP contribution in [0.1, 0.15) is 40.5 Å². The van der Waals surface area contributed by atoms with E-state index in [-0.39, 0.29) is 44.1 Å². The van der Waals surface area contributed by atoms with Crippen LogP contribution < -0.4 is 21.5 Å². The Morgan fingerprint density at radius 3 is 2.53 bits per heavy atom. The summed E-state index contributed by atoms with van der Waals surface area (Å²) in [5.74, 6) is -1.29. The van der Waals surface area contributed by atoms with Gasteiger partial charge < -0.3 is 4.74 Å². The minimum Gasteiger partial charge on any atom is -0.434 e. The van der Waals surface area contributed by atoms with Crippen molar-refractivity contribution >= 4 is 23.2 Å². The third-order valence-electron chi connectivity index (χ3n) is 4.18. The number of aromatic amines is 2. The highest BCUT2D eigenvalue weighted by molar-refractivity contribution is 6.37. The van der Waals surface area contributed by atoms with E-state index in [1.165, 1.54) is 26.0 Å². The highest BCUT2D eigenvalue weighted by atomic mass is 35.5. The predicted molar refractivity (Wildman–Crippen MR) is 111 cm³/mol. The molecule has 0 saturated heterocycles. The minimum atomic E-state index is -2.43. The number of H-pyrrole nitrogens is 2. The van der Waals surface area contributed by atoms with Gasteiger partial charge in [0.1, 0.15) is 11.6 Å². The van der Waals surface area contributed by atoms with Crippen molar-refractivity contribution < 1.29 is 8.85 Å². The Morgan fingerprint density at radius 1 is 1.27 bits per heavy atom. The molecule has 0 aliphatic rings. The number of nitrogens with one attached hydrogen (secondary N) is 2. The van der Waals surface area contributed by atoms with Crippen molar-refractivity contribution in [3.05, 3.63) is 76.3 Å². The third-order valence-corrected chi connectivity index (χ3v) is 4.75. The largest absolute Gasteiger partial charge is 0.434 e. The molecule has 1 unspecified atom stereocenters. The van der Waals surface area contributed by atoms with Gasteiger partial charge in [-0.3, -0.25) is 19.1 Å². The average Bonchev–Trinajstić information content (AvgIpc) is 2.71. The number of rotatable bonds is 4. The zero-order valence-electron chi connectivity index (χ0n) is 18.5. The number of aromatic nitrogens is 4. The number of halogens is 2. The summed E-state index contributed by atoms with van der Waals surface area (Å²) in [7, 11) is 0. The Morgan fingerprint density at radius 2 is 1.93 bits per heavy atom. The number of ether oxygens (including phenoxy) is 1. The second-order valence-corrected chi connectivity index (χ2v) is 7.06. The highest BCUT2D eigenvalue weighted by Gasteiger charge is 2.19. The van der Waals surface area contributed by atoms with Crippen LogP contribution in [0.2, 0.25) is 10.0 Å². The summed E-state index contributed by atoms with van der Waals surface area (Å²) < 4.78 is 29.5. The smallest absolute Gasteiger partial charge is 0.332 e. The molecule has 0 radical (unpaired) electrons. The van der Waals surface area contributed by atoms with Crippen LogP contribution in [0.5, 0.6) is 11.6 Å². The Bertz CT molecular complexity index is 1450. The molecule has 1 aromatic carbocycles. The number of nitriles is 1. The van der Waals surface area contributed by atoms with E-state index in [1.807, 2.05) is 4.98 Å². The molecule has 11 heteroatoms. The van der Waals surface area contributed by atoms with Crippen molar-refractivity contribution in [3.63, 3.8) is 0 Å². The van der Waals surface area contributed by atoms with Gasteiger partial charge in [-0.25, -0.2) is 9.89 Å². The lowest BCUT2D eigenvalue weighted by Crippen LogP contribution is -2.30. The standard InChI is InChI=1S/C19H15Cl2N5O4/c1-8(2)14-9(3)18(25-24-17(14)28)30-15-12(20)4-11(5-13(15)21)26-7-10(6-22)16(27)23-19(26)29/h4-5,7-8H,1-3H3,(H,24,28)(H,23,27,29)/i1D3. The van der Waals surface area contributed by atoms with Gasteiger partial charge in [-0.05, 0) is 25.0 Å². The molecule has 2 aromatic heterocycles. The topological polar surface area (TPSA) is 134 Å². The van der Waals surface area contributed by atoms with Crippen LogP contribution >= 0.6 is 23.2 Å². The van der Waals surface area contributed by atoms with Crippen LogP contribution in [0.3, 0.4) is 0 Å². The molecule has 2 N–H and O–H groups in total. The summed E-state index contributed by atoms with van der Waals surface area (Å²) in [6.07, 6.45) is 1.04. The van der Waals surface area contributed by atoms with Crippen molar-refractivity contribution in [3.8, 4) is 23.4 Å². The first kappa shape index (κ1) is 17.5. The molecular formula is C19H15Cl2N5O4. The van der Waals surface area contributed by atoms with Crippen molar-refractivity contribution in [2.45, 2.75) is 26.6 Å². The van der Waals surface area contributed by atoms with Crippen LogP contribution in [0.15, 0.2) is 32.7 Å². The first-order valence-electron chi connectivity index (χ1n) is 9.87. The van der Waals surface area contributed by atoms with Gasteiger partial charge >= 0.3 is 5.69 Å². The van der Waals surface area contributed by atoms with Crippen molar-refractivity contribution in [2.24, 2.45) is 0 Å². The maximum Gasteiger partial charge on any atom is 0.332 e. The van der Waals surface area contributed by atoms with E-state index in [9.17, 15) is 14.4 Å². The molecule has 0 aliphatic carbocycles. The molecule has 9 nitrogen and oxygen atoms in total. The van der Waals surface area contributed by atoms with E-state index in [0.717, 1.165) is 10.8 Å². The zero-order valence-corrected chi connectivity index (χ0v) is 17.1. The van der Waals surface area contributed by atoms with E-state index in [2.05, 4.69) is 10.2 Å². The quantitative estimate of drug-likeness (QED) is 0.627. The molecular weight excluding hydrogens is 433 g/mol. The lowest BCUT2D eigenvalue weighted by Gasteiger charge is -2.15. The molecule has 0 amide bonds. The third kappa shape index (κ3) is 3.87. The maximum absolute atomic E-state index is 12.2. The minimum absolute atomic E-state index is 0.0207. The molecule has 0 saturated carbocycles. The lowest BCUT2D eigenvalue weighted by atomic mass is 10.0. The summed E-state index contributed by atoms with van der Waals surface area (Å²) in [4.78, 5) is 38.0. The molecule has 3 rings (SSSR count). The monoisotopic (exact) mass is 450 g/mol. The summed E-state index contributed by atoms with van der Waals surface area (Å²) in [6.45, 7) is 0.439. The van der Waals surface area contributed by atoms with Crippen LogP contribution in [0, 0.1) is 18.3 Å². The van der Waals surface area contributed by atoms with Gasteiger partial charge in [0.2, 0.25) is 5.88 Å². The molecule has 0 aliphatic heterocycles. The van der Waals surface area contributed by atoms with Gasteiger partial charge in [0.25, 0.3) is 11.1 Å². The fourth-order valence-corrected chi connectivity index (χ4v) is 3.33. The van der Waals surface area contributed by atoms with E-state index >= 15 is 0 Å². The van der Waals surface area contributed by atoms with Crippen molar-refractivity contribution in [1.82, 2.24) is 19.7 Å². The van der Waals surface area contributed by atoms with Crippen LogP contribution in [-0.4, -0.2) is 19.7 Å². The van der Waals surface area contributed by atoms with Crippen molar-refractivity contribution in [1.29, 1.82) is 5.26 Å². The molecule has 2 heterocycles. The molecule has 0 fully saturated rings. The number of benzene rings is 1. The fraction of sp³-hybridized carbons (Fsp3) is 0.211. The molecule has 3 aromatic rings. The molecule has 30 heavy (non-hydrogen) atoms. The molecule has 0 bridgehead atoms. The molecule has 154 valence electrons. The Kier molecular flexibility index (Phi) is 4.77. The predicted octanol–water partition coefficient (Wildman–Crippen LogP) is 3.01. The summed E-state index contributed by atoms with van der Waals surface area (Å²) in [5, 5.41) is 14.9. The van der Waals surface area contributed by atoms with Gasteiger partial charge in [-0.2, -0.15) is 5.26 Å². The normalized spacial score (nSPS) is 13.6. The second kappa shape index (κ2) is 8.18. The lowest BCUT2D eigenvalue weighted by molar-refractivity contribution is 0.448. The molecule has 1 atom stereocenters. The SMILES string of the molecule is [2H]C([2H])([2H])C(C)c1c(C)c(Oc2c(Cl)cc(-n3cc(C#N)c(=O)[nH]c3=O)cc2Cl)n[nH]c1=O. The van der Waals surface area contributed by atoms with Gasteiger partial charge in [-0.1, -0.05) is 37.0 Å². The van der Waals surface area contributed by atoms with Crippen LogP contribution in [0.4, 0.5) is 0 Å². The zero-order chi connectivity index (χ0) is 24.7. The Hall–Kier alpha value is -3.35. The van der Waals surface area contributed by atoms with Gasteiger partial charge in [0.05, 0.1) is 15.7 Å². The van der Waals surface area contributed by atoms with E-state index in [0.29, 0.717) is 0 Å². The Labute approximate surface area is 183 Å². The van der Waals surface area contributed by atoms with Crippen molar-refractivity contribution in [2.75, 3.05) is 0 Å². The average molecular weight is 451 g/mol. The number of hydrogen-bond donors (Lipinski definition) is 2. The first-order chi connectivity index (χ1) is 15.3. The number of nitrogens with zero attached hydrogens (tertiary/aromatic N) is 3. The molecule has 0 spiro atoms. The van der Waals surface area contributed by atoms with E-state index in [4.69, 9.17) is 37.3 Å². The maximum atomic E-state index is 12.2. The summed E-state index contributed by atoms with van der Waals surface area (Å²) >= 11 is 12.6. The second-order valence-electron chi connectivity index (χ2n) is 6.24. The van der Waals surface area contributed by atoms with Crippen LogP contribution in [0.25, 0.3) is 5.69 Å². The number of hydrogen-bond acceptors (Lipinski definition) is 6. The summed E-state index contributed by atoms with van der Waals surface area (Å²) in [5.41, 5.74) is -2.31. The van der Waals surface area contributed by atoms with E-state index in [1.54, 1.807) is 6.07 Å². The van der Waals surface area contributed by atoms with Gasteiger partial charge in [-0.15, -0.1) is 5.10 Å². The van der Waals surface area contributed by atoms with Crippen LogP contribution in [-0.2, 0) is 0 Å². The fourth-order valence-electron chi connectivity index (χ4n) is 2.77. The first-order valence-corrected chi connectivity index (χ1v) is 9.13. The van der Waals surface area contributed by atoms with E-state index < -0.39 is 29.6 Å². The highest BCUT2D eigenvalue weighted by Crippen LogP contribution is 2.38. The van der Waals surface area contributed by atoms with Gasteiger partial charge in [0.15, 0.2) is 5.75 Å². The van der Waals surface area contributed by atoms with Gasteiger partial charge in [0, 0.05) is 21.4 Å². The summed E-state index contributed by atoms with van der Waals surface area (Å²) in [6, 6.07) is 4.27. The Balaban J connectivity index is 2.08.